The van der Waals surface area contributed by atoms with Gasteiger partial charge < -0.3 is 13.9 Å². The lowest BCUT2D eigenvalue weighted by Gasteiger charge is -2.53. The number of hydrogen-bond acceptors (Lipinski definition) is 1. The van der Waals surface area contributed by atoms with Gasteiger partial charge in [-0.05, 0) is 0 Å². The number of nitrogens with zero attached hydrogens (tertiary/aromatic N) is 3. The molecule has 17 heavy (non-hydrogen) atoms. The van der Waals surface area contributed by atoms with Gasteiger partial charge in [-0.3, -0.25) is 4.79 Å². The lowest BCUT2D eigenvalue weighted by Crippen LogP contribution is -2.74. The Bertz CT molecular complexity index is 251. The fourth-order valence-corrected chi connectivity index (χ4v) is 2.70. The van der Waals surface area contributed by atoms with Gasteiger partial charge in [0.1, 0.15) is 39.3 Å². The minimum Gasteiger partial charge on any atom is -0.344 e. The molecular weight excluding hydrogens is 214 g/mol. The van der Waals surface area contributed by atoms with Crippen LogP contribution in [0.4, 0.5) is 0 Å². The maximum Gasteiger partial charge on any atom is 0.277 e. The van der Waals surface area contributed by atoms with Gasteiger partial charge in [-0.25, -0.2) is 0 Å². The number of fused-ring (bicyclic) bond motifs is 3. The molecule has 0 radical (unpaired) electrons. The van der Waals surface area contributed by atoms with E-state index >= 15 is 0 Å². The molecule has 4 heteroatoms. The van der Waals surface area contributed by atoms with E-state index in [0.29, 0.717) is 6.54 Å². The predicted molar refractivity (Wildman–Crippen MR) is 70.6 cm³/mol. The fraction of sp³-hybridized carbons (Fsp3) is 0.923. The zero-order valence-corrected chi connectivity index (χ0v) is 12.2. The summed E-state index contributed by atoms with van der Waals surface area (Å²) in [7, 11) is 6.06. The highest BCUT2D eigenvalue weighted by molar-refractivity contribution is 5.76. The van der Waals surface area contributed by atoms with Crippen molar-refractivity contribution in [2.24, 2.45) is 0 Å². The maximum atomic E-state index is 11.8. The second kappa shape index (κ2) is 5.36. The van der Waals surface area contributed by atoms with Gasteiger partial charge in [0.15, 0.2) is 6.54 Å². The van der Waals surface area contributed by atoms with Crippen molar-refractivity contribution in [2.45, 2.75) is 13.8 Å². The molecule has 0 aromatic carbocycles. The number of piperazine rings is 3. The standard InChI is InChI=1S/C11H23N3O.C2H6/c1-12(2)11(15)10-14-7-4-13(3,5-8-14)6-9-14;1-2/h4-10H2,1-3H3;1-2H3/q+2;. The van der Waals surface area contributed by atoms with Crippen LogP contribution in [-0.4, -0.2) is 86.7 Å². The van der Waals surface area contributed by atoms with Crippen molar-refractivity contribution in [2.75, 3.05) is 67.0 Å². The smallest absolute Gasteiger partial charge is 0.277 e. The summed E-state index contributed by atoms with van der Waals surface area (Å²) >= 11 is 0. The molecule has 0 atom stereocenters. The van der Waals surface area contributed by atoms with Crippen molar-refractivity contribution >= 4 is 5.91 Å². The minimum atomic E-state index is 0.285. The van der Waals surface area contributed by atoms with E-state index in [1.165, 1.54) is 43.8 Å². The summed E-state index contributed by atoms with van der Waals surface area (Å²) in [6.45, 7) is 12.0. The van der Waals surface area contributed by atoms with E-state index in [4.69, 9.17) is 0 Å². The summed E-state index contributed by atoms with van der Waals surface area (Å²) in [5.41, 5.74) is 0. The molecule has 0 aromatic rings. The molecule has 100 valence electrons. The molecule has 0 saturated carbocycles. The van der Waals surface area contributed by atoms with Crippen LogP contribution < -0.4 is 0 Å². The second-order valence-corrected chi connectivity index (χ2v) is 5.75. The maximum absolute atomic E-state index is 11.8. The SMILES string of the molecule is CC.CN(C)C(=O)C[N+]12CC[N+](C)(CC1)CC2. The first-order valence-corrected chi connectivity index (χ1v) is 6.84. The Balaban J connectivity index is 0.000000686. The number of rotatable bonds is 2. The van der Waals surface area contributed by atoms with Crippen LogP contribution >= 0.6 is 0 Å². The molecule has 4 nitrogen and oxygen atoms in total. The number of likely N-dealkylation sites (N-methyl/N-ethyl adjacent to an activating group) is 2. The summed E-state index contributed by atoms with van der Waals surface area (Å²) < 4.78 is 2.28. The summed E-state index contributed by atoms with van der Waals surface area (Å²) in [4.78, 5) is 13.5. The number of carbonyl (C=O) groups excluding carboxylic acids is 1. The van der Waals surface area contributed by atoms with E-state index in [1.54, 1.807) is 4.90 Å². The number of quaternary nitrogens is 2. The van der Waals surface area contributed by atoms with E-state index < -0.39 is 0 Å². The van der Waals surface area contributed by atoms with Crippen LogP contribution in [0.5, 0.6) is 0 Å². The first kappa shape index (κ1) is 14.5. The quantitative estimate of drug-likeness (QED) is 0.643. The number of hydrogen-bond donors (Lipinski definition) is 0. The average molecular weight is 243 g/mol. The Morgan fingerprint density at radius 1 is 1.00 bits per heavy atom. The first-order valence-electron chi connectivity index (χ1n) is 6.84. The molecule has 0 N–H and O–H groups in total. The van der Waals surface area contributed by atoms with Gasteiger partial charge in [-0.2, -0.15) is 0 Å². The van der Waals surface area contributed by atoms with Gasteiger partial charge in [0.25, 0.3) is 5.91 Å². The van der Waals surface area contributed by atoms with Crippen molar-refractivity contribution in [1.82, 2.24) is 4.90 Å². The zero-order valence-electron chi connectivity index (χ0n) is 12.2. The van der Waals surface area contributed by atoms with Gasteiger partial charge in [0.2, 0.25) is 0 Å². The Morgan fingerprint density at radius 3 is 1.76 bits per heavy atom. The largest absolute Gasteiger partial charge is 0.344 e. The number of amides is 1. The molecule has 3 fully saturated rings. The van der Waals surface area contributed by atoms with Crippen LogP contribution in [0.25, 0.3) is 0 Å². The van der Waals surface area contributed by atoms with Crippen LogP contribution in [0.3, 0.4) is 0 Å². The third-order valence-electron chi connectivity index (χ3n) is 4.31. The molecule has 0 aromatic heterocycles. The van der Waals surface area contributed by atoms with E-state index in [1.807, 2.05) is 27.9 Å². The summed E-state index contributed by atoms with van der Waals surface area (Å²) in [6.07, 6.45) is 0. The second-order valence-electron chi connectivity index (χ2n) is 5.75. The highest BCUT2D eigenvalue weighted by Crippen LogP contribution is 2.24. The summed E-state index contributed by atoms with van der Waals surface area (Å²) in [6, 6.07) is 0. The molecule has 3 aliphatic rings. The highest BCUT2D eigenvalue weighted by Gasteiger charge is 2.47. The predicted octanol–water partition coefficient (Wildman–Crippen LogP) is 0.391. The van der Waals surface area contributed by atoms with Crippen LogP contribution in [0.1, 0.15) is 13.8 Å². The minimum absolute atomic E-state index is 0.285. The van der Waals surface area contributed by atoms with Crippen molar-refractivity contribution in [3.63, 3.8) is 0 Å². The van der Waals surface area contributed by atoms with E-state index in [-0.39, 0.29) is 5.91 Å². The van der Waals surface area contributed by atoms with Crippen molar-refractivity contribution in [3.8, 4) is 0 Å². The topological polar surface area (TPSA) is 20.3 Å². The van der Waals surface area contributed by atoms with Gasteiger partial charge in [0.05, 0.1) is 7.05 Å². The summed E-state index contributed by atoms with van der Waals surface area (Å²) in [5, 5.41) is 0. The lowest BCUT2D eigenvalue weighted by atomic mass is 10.1. The first-order chi connectivity index (χ1) is 7.95. The molecule has 0 aliphatic carbocycles. The Hall–Kier alpha value is -0.610. The van der Waals surface area contributed by atoms with E-state index in [9.17, 15) is 4.79 Å². The van der Waals surface area contributed by atoms with Crippen LogP contribution in [-0.2, 0) is 4.79 Å². The van der Waals surface area contributed by atoms with Gasteiger partial charge in [-0.1, -0.05) is 13.8 Å². The molecule has 3 heterocycles. The molecule has 3 aliphatic heterocycles. The van der Waals surface area contributed by atoms with E-state index in [0.717, 1.165) is 4.48 Å². The molecule has 3 rings (SSSR count). The van der Waals surface area contributed by atoms with Gasteiger partial charge >= 0.3 is 0 Å². The molecule has 2 bridgehead atoms. The van der Waals surface area contributed by atoms with Gasteiger partial charge in [-0.15, -0.1) is 0 Å². The molecular formula is C13H29N3O+2. The fourth-order valence-electron chi connectivity index (χ4n) is 2.70. The lowest BCUT2D eigenvalue weighted by molar-refractivity contribution is -1.07. The Labute approximate surface area is 106 Å². The molecule has 3 saturated heterocycles. The normalized spacial score (nSPS) is 34.9. The zero-order chi connectivity index (χ0) is 13.1. The van der Waals surface area contributed by atoms with Crippen molar-refractivity contribution in [1.29, 1.82) is 0 Å². The summed E-state index contributed by atoms with van der Waals surface area (Å²) in [5.74, 6) is 0.285. The molecule has 0 unspecified atom stereocenters. The van der Waals surface area contributed by atoms with Crippen LogP contribution in [0, 0.1) is 0 Å². The van der Waals surface area contributed by atoms with E-state index in [2.05, 4.69) is 7.05 Å². The van der Waals surface area contributed by atoms with Crippen molar-refractivity contribution < 1.29 is 13.8 Å². The van der Waals surface area contributed by atoms with Crippen LogP contribution in [0.2, 0.25) is 0 Å². The third-order valence-corrected chi connectivity index (χ3v) is 4.31. The van der Waals surface area contributed by atoms with Crippen molar-refractivity contribution in [3.05, 3.63) is 0 Å². The highest BCUT2D eigenvalue weighted by atomic mass is 16.2. The number of carbonyl (C=O) groups is 1. The molecule has 0 spiro atoms. The van der Waals surface area contributed by atoms with Gasteiger partial charge in [0, 0.05) is 14.1 Å². The third kappa shape index (κ3) is 3.19. The monoisotopic (exact) mass is 243 g/mol. The Kier molecular flexibility index (Phi) is 4.55. The van der Waals surface area contributed by atoms with Crippen LogP contribution in [0.15, 0.2) is 0 Å². The average Bonchev–Trinajstić information content (AvgIpc) is 2.34. The molecule has 1 amide bonds. The Morgan fingerprint density at radius 2 is 1.41 bits per heavy atom.